The summed E-state index contributed by atoms with van der Waals surface area (Å²) in [4.78, 5) is 16.3. The molecule has 1 heterocycles. The summed E-state index contributed by atoms with van der Waals surface area (Å²) in [6.45, 7) is 3.76. The van der Waals surface area contributed by atoms with Crippen molar-refractivity contribution in [2.24, 2.45) is 11.7 Å². The predicted octanol–water partition coefficient (Wildman–Crippen LogP) is 4.12. The first kappa shape index (κ1) is 22.7. The minimum absolute atomic E-state index is 0.0255. The smallest absolute Gasteiger partial charge is 0.261 e. The van der Waals surface area contributed by atoms with Crippen LogP contribution in [-0.4, -0.2) is 25.4 Å². The van der Waals surface area contributed by atoms with Gasteiger partial charge in [0, 0.05) is 17.4 Å². The predicted molar refractivity (Wildman–Crippen MR) is 123 cm³/mol. The van der Waals surface area contributed by atoms with Gasteiger partial charge in [0.15, 0.2) is 5.15 Å². The normalized spacial score (nSPS) is 12.4. The molecule has 1 unspecified atom stereocenters. The second-order valence-electron chi connectivity index (χ2n) is 7.32. The van der Waals surface area contributed by atoms with Gasteiger partial charge < -0.3 is 11.1 Å². The van der Waals surface area contributed by atoms with Gasteiger partial charge in [-0.1, -0.05) is 55.8 Å². The third-order valence-electron chi connectivity index (χ3n) is 4.64. The molecule has 1 aromatic heterocycles. The molecule has 0 saturated heterocycles. The van der Waals surface area contributed by atoms with Crippen molar-refractivity contribution in [3.05, 3.63) is 72.0 Å². The van der Waals surface area contributed by atoms with Gasteiger partial charge in [-0.25, -0.2) is 13.4 Å². The number of carbonyl (C=O) groups is 1. The van der Waals surface area contributed by atoms with E-state index in [0.29, 0.717) is 11.3 Å². The quantitative estimate of drug-likeness (QED) is 0.460. The van der Waals surface area contributed by atoms with Crippen LogP contribution >= 0.6 is 11.6 Å². The number of hydrogen-bond donors (Lipinski definition) is 3. The summed E-state index contributed by atoms with van der Waals surface area (Å²) in [6, 6.07) is 16.1. The second-order valence-corrected chi connectivity index (χ2v) is 9.36. The number of aromatic nitrogens is 1. The van der Waals surface area contributed by atoms with E-state index >= 15 is 0 Å². The molecule has 1 atom stereocenters. The van der Waals surface area contributed by atoms with E-state index in [-0.39, 0.29) is 27.6 Å². The molecular weight excluding hydrogens is 436 g/mol. The van der Waals surface area contributed by atoms with Crippen molar-refractivity contribution in [2.45, 2.75) is 24.8 Å². The standard InChI is InChI=1S/C22H23ClN4O3S/c1-14(2)20(24)22(28)26-17-10-8-15(9-11-17)16-12-19(21(23)25-13-16)27-31(29,30)18-6-4-3-5-7-18/h3-14,20,27H,24H2,1-2H3,(H,26,28). The molecule has 0 fully saturated rings. The van der Waals surface area contributed by atoms with Crippen molar-refractivity contribution in [1.82, 2.24) is 4.98 Å². The average Bonchev–Trinajstić information content (AvgIpc) is 2.75. The molecule has 4 N–H and O–H groups in total. The molecule has 0 spiro atoms. The van der Waals surface area contributed by atoms with Crippen LogP contribution in [-0.2, 0) is 14.8 Å². The molecule has 3 aromatic rings. The number of nitrogens with one attached hydrogen (secondary N) is 2. The number of nitrogens with zero attached hydrogens (tertiary/aromatic N) is 1. The number of rotatable bonds is 7. The lowest BCUT2D eigenvalue weighted by Crippen LogP contribution is -2.39. The van der Waals surface area contributed by atoms with Crippen molar-refractivity contribution in [2.75, 3.05) is 10.0 Å². The summed E-state index contributed by atoms with van der Waals surface area (Å²) in [5.41, 5.74) is 8.07. The van der Waals surface area contributed by atoms with E-state index in [1.165, 1.54) is 12.1 Å². The Kier molecular flexibility index (Phi) is 6.94. The van der Waals surface area contributed by atoms with Gasteiger partial charge in [0.25, 0.3) is 10.0 Å². The topological polar surface area (TPSA) is 114 Å². The maximum absolute atomic E-state index is 12.6. The van der Waals surface area contributed by atoms with Gasteiger partial charge in [-0.3, -0.25) is 9.52 Å². The Morgan fingerprint density at radius 1 is 1.03 bits per heavy atom. The third kappa shape index (κ3) is 5.61. The van der Waals surface area contributed by atoms with Gasteiger partial charge in [0.2, 0.25) is 5.91 Å². The molecule has 1 amide bonds. The maximum atomic E-state index is 12.6. The molecule has 31 heavy (non-hydrogen) atoms. The van der Waals surface area contributed by atoms with Gasteiger partial charge in [-0.05, 0) is 41.8 Å². The highest BCUT2D eigenvalue weighted by Gasteiger charge is 2.18. The lowest BCUT2D eigenvalue weighted by atomic mass is 10.0. The van der Waals surface area contributed by atoms with Gasteiger partial charge in [0.1, 0.15) is 0 Å². The molecule has 9 heteroatoms. The molecular formula is C22H23ClN4O3S. The fraction of sp³-hybridized carbons (Fsp3) is 0.182. The number of amides is 1. The minimum atomic E-state index is -3.80. The minimum Gasteiger partial charge on any atom is -0.325 e. The highest BCUT2D eigenvalue weighted by Crippen LogP contribution is 2.29. The van der Waals surface area contributed by atoms with Crippen LogP contribution < -0.4 is 15.8 Å². The monoisotopic (exact) mass is 458 g/mol. The number of halogens is 1. The Bertz CT molecular complexity index is 1170. The first-order valence-corrected chi connectivity index (χ1v) is 11.4. The Labute approximate surface area is 186 Å². The summed E-state index contributed by atoms with van der Waals surface area (Å²) in [6.07, 6.45) is 1.55. The Morgan fingerprint density at radius 2 is 1.68 bits per heavy atom. The fourth-order valence-electron chi connectivity index (χ4n) is 2.76. The molecule has 0 bridgehead atoms. The van der Waals surface area contributed by atoms with Gasteiger partial charge >= 0.3 is 0 Å². The lowest BCUT2D eigenvalue weighted by Gasteiger charge is -2.15. The number of benzene rings is 2. The van der Waals surface area contributed by atoms with E-state index in [1.807, 2.05) is 13.8 Å². The molecule has 162 valence electrons. The second kappa shape index (κ2) is 9.47. The van der Waals surface area contributed by atoms with Crippen LogP contribution in [0.1, 0.15) is 13.8 Å². The summed E-state index contributed by atoms with van der Waals surface area (Å²) in [5, 5.41) is 2.82. The molecule has 0 aliphatic rings. The van der Waals surface area contributed by atoms with E-state index in [2.05, 4.69) is 15.0 Å². The number of hydrogen-bond acceptors (Lipinski definition) is 5. The number of sulfonamides is 1. The first-order chi connectivity index (χ1) is 14.7. The molecule has 0 aliphatic carbocycles. The van der Waals surface area contributed by atoms with Crippen molar-refractivity contribution in [3.63, 3.8) is 0 Å². The molecule has 2 aromatic carbocycles. The molecule has 7 nitrogen and oxygen atoms in total. The van der Waals surface area contributed by atoms with Crippen LogP contribution in [0, 0.1) is 5.92 Å². The number of carbonyl (C=O) groups excluding carboxylic acids is 1. The van der Waals surface area contributed by atoms with Crippen molar-refractivity contribution >= 4 is 38.9 Å². The highest BCUT2D eigenvalue weighted by molar-refractivity contribution is 7.92. The van der Waals surface area contributed by atoms with Crippen LogP contribution in [0.4, 0.5) is 11.4 Å². The van der Waals surface area contributed by atoms with Crippen LogP contribution in [0.5, 0.6) is 0 Å². The largest absolute Gasteiger partial charge is 0.325 e. The number of pyridine rings is 1. The zero-order valence-electron chi connectivity index (χ0n) is 17.0. The molecule has 0 saturated carbocycles. The van der Waals surface area contributed by atoms with Crippen molar-refractivity contribution < 1.29 is 13.2 Å². The lowest BCUT2D eigenvalue weighted by molar-refractivity contribution is -0.118. The number of nitrogens with two attached hydrogens (primary N) is 1. The van der Waals surface area contributed by atoms with Crippen LogP contribution in [0.2, 0.25) is 5.15 Å². The zero-order chi connectivity index (χ0) is 22.6. The average molecular weight is 459 g/mol. The van der Waals surface area contributed by atoms with E-state index in [4.69, 9.17) is 17.3 Å². The van der Waals surface area contributed by atoms with E-state index in [9.17, 15) is 13.2 Å². The molecule has 0 aliphatic heterocycles. The Balaban J connectivity index is 1.81. The van der Waals surface area contributed by atoms with Crippen molar-refractivity contribution in [1.29, 1.82) is 0 Å². The van der Waals surface area contributed by atoms with Crippen molar-refractivity contribution in [3.8, 4) is 11.1 Å². The Hall–Kier alpha value is -2.94. The number of anilines is 2. The fourth-order valence-corrected chi connectivity index (χ4v) is 4.04. The summed E-state index contributed by atoms with van der Waals surface area (Å²) >= 11 is 6.12. The van der Waals surface area contributed by atoms with E-state index in [0.717, 1.165) is 5.56 Å². The highest BCUT2D eigenvalue weighted by atomic mass is 35.5. The van der Waals surface area contributed by atoms with Gasteiger partial charge in [-0.15, -0.1) is 0 Å². The van der Waals surface area contributed by atoms with Gasteiger partial charge in [0.05, 0.1) is 16.6 Å². The molecule has 3 rings (SSSR count). The third-order valence-corrected chi connectivity index (χ3v) is 6.33. The van der Waals surface area contributed by atoms with E-state index in [1.54, 1.807) is 54.7 Å². The maximum Gasteiger partial charge on any atom is 0.261 e. The van der Waals surface area contributed by atoms with Crippen LogP contribution in [0.3, 0.4) is 0 Å². The zero-order valence-corrected chi connectivity index (χ0v) is 18.6. The summed E-state index contributed by atoms with van der Waals surface area (Å²) in [5.74, 6) is -0.231. The Morgan fingerprint density at radius 3 is 2.29 bits per heavy atom. The van der Waals surface area contributed by atoms with Gasteiger partial charge in [-0.2, -0.15) is 0 Å². The molecule has 0 radical (unpaired) electrons. The van der Waals surface area contributed by atoms with E-state index < -0.39 is 16.1 Å². The SMILES string of the molecule is CC(C)C(N)C(=O)Nc1ccc(-c2cnc(Cl)c(NS(=O)(=O)c3ccccc3)c2)cc1. The van der Waals surface area contributed by atoms with Crippen LogP contribution in [0.25, 0.3) is 11.1 Å². The first-order valence-electron chi connectivity index (χ1n) is 9.57. The summed E-state index contributed by atoms with van der Waals surface area (Å²) < 4.78 is 27.7. The summed E-state index contributed by atoms with van der Waals surface area (Å²) in [7, 11) is -3.80. The van der Waals surface area contributed by atoms with Crippen LogP contribution in [0.15, 0.2) is 71.8 Å².